The predicted molar refractivity (Wildman–Crippen MR) is 74.3 cm³/mol. The fourth-order valence-electron chi connectivity index (χ4n) is 1.54. The van der Waals surface area contributed by atoms with E-state index in [1.54, 1.807) is 32.4 Å². The van der Waals surface area contributed by atoms with Gasteiger partial charge in [0.25, 0.3) is 0 Å². The van der Waals surface area contributed by atoms with Crippen molar-refractivity contribution in [3.05, 3.63) is 29.4 Å². The van der Waals surface area contributed by atoms with E-state index in [0.717, 1.165) is 5.69 Å². The van der Waals surface area contributed by atoms with Crippen LogP contribution in [-0.4, -0.2) is 24.2 Å². The van der Waals surface area contributed by atoms with Crippen LogP contribution in [0.25, 0.3) is 0 Å². The molecule has 1 aromatic heterocycles. The average molecular weight is 281 g/mol. The number of hydrogen-bond acceptors (Lipinski definition) is 6. The smallest absolute Gasteiger partial charge is 0.223 e. The first-order valence-corrected chi connectivity index (χ1v) is 5.79. The van der Waals surface area contributed by atoms with Gasteiger partial charge in [-0.25, -0.2) is 4.98 Å². The number of anilines is 3. The van der Waals surface area contributed by atoms with E-state index in [-0.39, 0.29) is 11.1 Å². The normalized spacial score (nSPS) is 10.1. The van der Waals surface area contributed by atoms with Crippen LogP contribution in [0, 0.1) is 0 Å². The summed E-state index contributed by atoms with van der Waals surface area (Å²) in [5.41, 5.74) is 6.25. The lowest BCUT2D eigenvalue weighted by molar-refractivity contribution is 0.395. The molecule has 0 unspecified atom stereocenters. The number of benzene rings is 1. The lowest BCUT2D eigenvalue weighted by atomic mass is 10.2. The molecule has 2 rings (SSSR count). The van der Waals surface area contributed by atoms with Gasteiger partial charge >= 0.3 is 0 Å². The molecular formula is C12H13ClN4O2. The molecule has 0 atom stereocenters. The highest BCUT2D eigenvalue weighted by Crippen LogP contribution is 2.31. The Bertz CT molecular complexity index is 572. The summed E-state index contributed by atoms with van der Waals surface area (Å²) in [7, 11) is 3.16. The molecular weight excluding hydrogens is 268 g/mol. The topological polar surface area (TPSA) is 82.3 Å². The maximum absolute atomic E-state index is 5.82. The highest BCUT2D eigenvalue weighted by molar-refractivity contribution is 6.29. The van der Waals surface area contributed by atoms with E-state index in [2.05, 4.69) is 15.3 Å². The van der Waals surface area contributed by atoms with E-state index in [4.69, 9.17) is 26.8 Å². The molecule has 2 aromatic rings. The summed E-state index contributed by atoms with van der Waals surface area (Å²) in [6.07, 6.45) is 0. The Morgan fingerprint density at radius 3 is 2.58 bits per heavy atom. The molecule has 0 fully saturated rings. The first-order valence-electron chi connectivity index (χ1n) is 5.41. The summed E-state index contributed by atoms with van der Waals surface area (Å²) < 4.78 is 10.4. The van der Waals surface area contributed by atoms with E-state index in [0.29, 0.717) is 17.3 Å². The molecule has 0 aliphatic rings. The van der Waals surface area contributed by atoms with Crippen molar-refractivity contribution in [3.63, 3.8) is 0 Å². The number of halogens is 1. The van der Waals surface area contributed by atoms with Crippen LogP contribution in [-0.2, 0) is 0 Å². The number of nitrogens with two attached hydrogens (primary N) is 1. The molecule has 0 bridgehead atoms. The van der Waals surface area contributed by atoms with Crippen LogP contribution in [0.2, 0.25) is 5.15 Å². The zero-order chi connectivity index (χ0) is 13.8. The zero-order valence-corrected chi connectivity index (χ0v) is 11.2. The second-order valence-corrected chi connectivity index (χ2v) is 4.01. The molecule has 0 spiro atoms. The number of nitrogens with zero attached hydrogens (tertiary/aromatic N) is 2. The third-order valence-corrected chi connectivity index (χ3v) is 2.58. The number of aromatic nitrogens is 2. The third-order valence-electron chi connectivity index (χ3n) is 2.38. The van der Waals surface area contributed by atoms with Crippen LogP contribution < -0.4 is 20.5 Å². The molecule has 1 heterocycles. The van der Waals surface area contributed by atoms with Gasteiger partial charge in [0, 0.05) is 12.1 Å². The fraction of sp³-hybridized carbons (Fsp3) is 0.167. The standard InChI is InChI=1S/C12H13ClN4O2/c1-18-7-3-4-8(9(5-7)19-2)15-11-6-10(13)16-12(14)17-11/h3-6H,1-2H3,(H3,14,15,16,17). The van der Waals surface area contributed by atoms with Crippen molar-refractivity contribution in [3.8, 4) is 11.5 Å². The van der Waals surface area contributed by atoms with Crippen molar-refractivity contribution in [1.82, 2.24) is 9.97 Å². The summed E-state index contributed by atoms with van der Waals surface area (Å²) in [4.78, 5) is 7.82. The van der Waals surface area contributed by atoms with Gasteiger partial charge in [0.05, 0.1) is 19.9 Å². The number of methoxy groups -OCH3 is 2. The highest BCUT2D eigenvalue weighted by atomic mass is 35.5. The average Bonchev–Trinajstić information content (AvgIpc) is 2.38. The molecule has 0 saturated carbocycles. The number of ether oxygens (including phenoxy) is 2. The van der Waals surface area contributed by atoms with Gasteiger partial charge in [-0.2, -0.15) is 4.98 Å². The number of nitrogen functional groups attached to an aromatic ring is 1. The van der Waals surface area contributed by atoms with Gasteiger partial charge in [-0.3, -0.25) is 0 Å². The van der Waals surface area contributed by atoms with Crippen LogP contribution >= 0.6 is 11.6 Å². The third kappa shape index (κ3) is 3.17. The maximum atomic E-state index is 5.82. The van der Waals surface area contributed by atoms with Gasteiger partial charge in [-0.1, -0.05) is 11.6 Å². The monoisotopic (exact) mass is 280 g/mol. The van der Waals surface area contributed by atoms with Crippen molar-refractivity contribution in [2.24, 2.45) is 0 Å². The largest absolute Gasteiger partial charge is 0.497 e. The van der Waals surface area contributed by atoms with E-state index < -0.39 is 0 Å². The van der Waals surface area contributed by atoms with E-state index in [1.165, 1.54) is 0 Å². The van der Waals surface area contributed by atoms with Crippen molar-refractivity contribution < 1.29 is 9.47 Å². The lowest BCUT2D eigenvalue weighted by Gasteiger charge is -2.12. The number of nitrogens with one attached hydrogen (secondary N) is 1. The minimum absolute atomic E-state index is 0.0995. The Labute approximate surface area is 115 Å². The van der Waals surface area contributed by atoms with Gasteiger partial charge in [0.2, 0.25) is 5.95 Å². The first-order chi connectivity index (χ1) is 9.12. The maximum Gasteiger partial charge on any atom is 0.223 e. The van der Waals surface area contributed by atoms with Crippen molar-refractivity contribution in [2.45, 2.75) is 0 Å². The molecule has 0 aliphatic carbocycles. The van der Waals surface area contributed by atoms with Crippen molar-refractivity contribution in [2.75, 3.05) is 25.3 Å². The van der Waals surface area contributed by atoms with Crippen LogP contribution in [0.15, 0.2) is 24.3 Å². The summed E-state index contributed by atoms with van der Waals surface area (Å²) in [5.74, 6) is 1.90. The molecule has 7 heteroatoms. The summed E-state index contributed by atoms with van der Waals surface area (Å²) in [6, 6.07) is 6.94. The Morgan fingerprint density at radius 2 is 1.95 bits per heavy atom. The Kier molecular flexibility index (Phi) is 3.91. The first kappa shape index (κ1) is 13.2. The molecule has 1 aromatic carbocycles. The van der Waals surface area contributed by atoms with Gasteiger partial charge in [-0.15, -0.1) is 0 Å². The van der Waals surface area contributed by atoms with Crippen LogP contribution in [0.1, 0.15) is 0 Å². The predicted octanol–water partition coefficient (Wildman–Crippen LogP) is 2.47. The molecule has 100 valence electrons. The molecule has 3 N–H and O–H groups in total. The summed E-state index contributed by atoms with van der Waals surface area (Å²) in [6.45, 7) is 0. The fourth-order valence-corrected chi connectivity index (χ4v) is 1.73. The minimum atomic E-state index is 0.0995. The highest BCUT2D eigenvalue weighted by Gasteiger charge is 2.07. The van der Waals surface area contributed by atoms with Crippen LogP contribution in [0.4, 0.5) is 17.5 Å². The minimum Gasteiger partial charge on any atom is -0.497 e. The van der Waals surface area contributed by atoms with Gasteiger partial charge in [0.15, 0.2) is 0 Å². The van der Waals surface area contributed by atoms with Gasteiger partial charge in [0.1, 0.15) is 22.5 Å². The quantitative estimate of drug-likeness (QED) is 0.837. The molecule has 0 amide bonds. The van der Waals surface area contributed by atoms with E-state index in [9.17, 15) is 0 Å². The van der Waals surface area contributed by atoms with E-state index in [1.807, 2.05) is 6.07 Å². The van der Waals surface area contributed by atoms with Crippen molar-refractivity contribution in [1.29, 1.82) is 0 Å². The second-order valence-electron chi connectivity index (χ2n) is 3.63. The van der Waals surface area contributed by atoms with Gasteiger partial charge < -0.3 is 20.5 Å². The summed E-state index contributed by atoms with van der Waals surface area (Å²) >= 11 is 5.82. The lowest BCUT2D eigenvalue weighted by Crippen LogP contribution is -2.01. The summed E-state index contributed by atoms with van der Waals surface area (Å²) in [5, 5.41) is 3.33. The van der Waals surface area contributed by atoms with Crippen LogP contribution in [0.5, 0.6) is 11.5 Å². The molecule has 0 radical (unpaired) electrons. The molecule has 0 aliphatic heterocycles. The van der Waals surface area contributed by atoms with Crippen LogP contribution in [0.3, 0.4) is 0 Å². The number of rotatable bonds is 4. The molecule has 6 nitrogen and oxygen atoms in total. The Balaban J connectivity index is 2.32. The Hall–Kier alpha value is -2.21. The van der Waals surface area contributed by atoms with E-state index >= 15 is 0 Å². The van der Waals surface area contributed by atoms with Crippen molar-refractivity contribution >= 4 is 29.1 Å². The van der Waals surface area contributed by atoms with Gasteiger partial charge in [-0.05, 0) is 12.1 Å². The number of hydrogen-bond donors (Lipinski definition) is 2. The second kappa shape index (κ2) is 5.62. The Morgan fingerprint density at radius 1 is 1.16 bits per heavy atom. The zero-order valence-electron chi connectivity index (χ0n) is 10.5. The molecule has 19 heavy (non-hydrogen) atoms. The SMILES string of the molecule is COc1ccc(Nc2cc(Cl)nc(N)n2)c(OC)c1. The molecule has 0 saturated heterocycles.